The Bertz CT molecular complexity index is 428. The van der Waals surface area contributed by atoms with Crippen molar-refractivity contribution < 1.29 is 0 Å². The van der Waals surface area contributed by atoms with Crippen molar-refractivity contribution in [3.05, 3.63) is 45.3 Å². The molecule has 0 saturated carbocycles. The highest BCUT2D eigenvalue weighted by Gasteiger charge is 2.01. The topological polar surface area (TPSA) is 54.9 Å². The molecule has 76 valence electrons. The Kier molecular flexibility index (Phi) is 3.45. The fourth-order valence-electron chi connectivity index (χ4n) is 1.20. The van der Waals surface area contributed by atoms with Gasteiger partial charge in [0.2, 0.25) is 0 Å². The highest BCUT2D eigenvalue weighted by Crippen LogP contribution is 1.91. The number of nitrogens with one attached hydrogen (secondary N) is 1. The number of rotatable bonds is 4. The fourth-order valence-corrected chi connectivity index (χ4v) is 1.20. The molecule has 0 aliphatic heterocycles. The molecule has 0 aromatic carbocycles. The number of hydrogen-bond acceptors (Lipinski definition) is 2. The molecule has 1 aromatic heterocycles. The summed E-state index contributed by atoms with van der Waals surface area (Å²) in [6.45, 7) is 6.02. The van der Waals surface area contributed by atoms with E-state index < -0.39 is 0 Å². The second-order valence-electron chi connectivity index (χ2n) is 3.04. The predicted octanol–water partition coefficient (Wildman–Crippen LogP) is 0.675. The molecule has 14 heavy (non-hydrogen) atoms. The summed E-state index contributed by atoms with van der Waals surface area (Å²) >= 11 is 0. The lowest BCUT2D eigenvalue weighted by molar-refractivity contribution is 0.647. The quantitative estimate of drug-likeness (QED) is 0.716. The van der Waals surface area contributed by atoms with Crippen molar-refractivity contribution in [1.82, 2.24) is 9.55 Å². The van der Waals surface area contributed by atoms with Gasteiger partial charge >= 0.3 is 5.69 Å². The number of nitrogens with zero attached hydrogens (tertiary/aromatic N) is 1. The lowest BCUT2D eigenvalue weighted by Gasteiger charge is -2.04. The van der Waals surface area contributed by atoms with Crippen LogP contribution in [0.15, 0.2) is 28.4 Å². The molecule has 4 nitrogen and oxygen atoms in total. The van der Waals surface area contributed by atoms with E-state index in [1.54, 1.807) is 12.3 Å². The molecule has 1 heterocycles. The van der Waals surface area contributed by atoms with E-state index in [-0.39, 0.29) is 11.2 Å². The highest BCUT2D eigenvalue weighted by atomic mass is 16.2. The summed E-state index contributed by atoms with van der Waals surface area (Å²) in [5.41, 5.74) is -0.00457. The van der Waals surface area contributed by atoms with Crippen molar-refractivity contribution in [2.45, 2.75) is 26.3 Å². The zero-order valence-electron chi connectivity index (χ0n) is 8.25. The van der Waals surface area contributed by atoms with Crippen molar-refractivity contribution in [3.8, 4) is 0 Å². The van der Waals surface area contributed by atoms with Crippen molar-refractivity contribution in [2.75, 3.05) is 0 Å². The van der Waals surface area contributed by atoms with Gasteiger partial charge in [-0.25, -0.2) is 4.79 Å². The monoisotopic (exact) mass is 194 g/mol. The second-order valence-corrected chi connectivity index (χ2v) is 3.04. The first-order valence-corrected chi connectivity index (χ1v) is 4.62. The van der Waals surface area contributed by atoms with E-state index in [4.69, 9.17) is 0 Å². The average molecular weight is 194 g/mol. The van der Waals surface area contributed by atoms with E-state index in [1.807, 2.05) is 6.92 Å². The average Bonchev–Trinajstić information content (AvgIpc) is 2.17. The molecule has 0 bridgehead atoms. The predicted molar refractivity (Wildman–Crippen MR) is 55.5 cm³/mol. The van der Waals surface area contributed by atoms with Crippen LogP contribution in [0.1, 0.15) is 18.9 Å². The van der Waals surface area contributed by atoms with Gasteiger partial charge in [-0.2, -0.15) is 0 Å². The summed E-state index contributed by atoms with van der Waals surface area (Å²) in [5.74, 6) is 0. The molecule has 0 aliphatic rings. The summed E-state index contributed by atoms with van der Waals surface area (Å²) in [7, 11) is 0. The van der Waals surface area contributed by atoms with Gasteiger partial charge in [0, 0.05) is 18.3 Å². The van der Waals surface area contributed by atoms with Crippen molar-refractivity contribution in [2.24, 2.45) is 0 Å². The molecule has 1 N–H and O–H groups in total. The minimum atomic E-state index is -0.353. The van der Waals surface area contributed by atoms with Crippen LogP contribution < -0.4 is 11.2 Å². The van der Waals surface area contributed by atoms with E-state index in [1.165, 1.54) is 4.57 Å². The highest BCUT2D eigenvalue weighted by molar-refractivity contribution is 5.03. The molecular weight excluding hydrogens is 180 g/mol. The van der Waals surface area contributed by atoms with Gasteiger partial charge in [-0.1, -0.05) is 13.0 Å². The molecule has 1 aromatic rings. The number of H-pyrrole nitrogens is 1. The standard InChI is InChI=1S/C10H14N2O2/c1-3-5-6-12-7-8(4-2)9(13)11-10(12)14/h3,7H,1,4-6H2,2H3,(H,11,13,14). The molecule has 0 radical (unpaired) electrons. The van der Waals surface area contributed by atoms with Gasteiger partial charge in [-0.3, -0.25) is 9.78 Å². The van der Waals surface area contributed by atoms with Gasteiger partial charge in [0.1, 0.15) is 0 Å². The third kappa shape index (κ3) is 2.22. The van der Waals surface area contributed by atoms with E-state index in [9.17, 15) is 9.59 Å². The summed E-state index contributed by atoms with van der Waals surface area (Å²) in [4.78, 5) is 24.8. The van der Waals surface area contributed by atoms with Gasteiger partial charge in [-0.15, -0.1) is 6.58 Å². The normalized spacial score (nSPS) is 10.1. The van der Waals surface area contributed by atoms with Crippen LogP contribution in [0, 0.1) is 0 Å². The molecule has 0 unspecified atom stereocenters. The first-order chi connectivity index (χ1) is 6.69. The van der Waals surface area contributed by atoms with Gasteiger partial charge < -0.3 is 4.57 Å². The fraction of sp³-hybridized carbons (Fsp3) is 0.400. The molecule has 4 heteroatoms. The molecule has 0 saturated heterocycles. The van der Waals surface area contributed by atoms with Crippen LogP contribution in [0.3, 0.4) is 0 Å². The Morgan fingerprint density at radius 2 is 2.29 bits per heavy atom. The van der Waals surface area contributed by atoms with Crippen LogP contribution in [0.25, 0.3) is 0 Å². The number of aryl methyl sites for hydroxylation is 2. The number of aromatic nitrogens is 2. The SMILES string of the molecule is C=CCCn1cc(CC)c(=O)[nH]c1=O. The summed E-state index contributed by atoms with van der Waals surface area (Å²) < 4.78 is 1.50. The van der Waals surface area contributed by atoms with Gasteiger partial charge in [-0.05, 0) is 12.8 Å². The third-order valence-corrected chi connectivity index (χ3v) is 2.04. The molecular formula is C10H14N2O2. The van der Waals surface area contributed by atoms with Crippen LogP contribution in [0.4, 0.5) is 0 Å². The van der Waals surface area contributed by atoms with Gasteiger partial charge in [0.05, 0.1) is 0 Å². The Hall–Kier alpha value is -1.58. The molecule has 0 fully saturated rings. The van der Waals surface area contributed by atoms with Crippen LogP contribution >= 0.6 is 0 Å². The molecule has 0 atom stereocenters. The third-order valence-electron chi connectivity index (χ3n) is 2.04. The Morgan fingerprint density at radius 3 is 2.86 bits per heavy atom. The van der Waals surface area contributed by atoms with E-state index in [0.717, 1.165) is 6.42 Å². The number of allylic oxidation sites excluding steroid dienone is 1. The number of hydrogen-bond donors (Lipinski definition) is 1. The van der Waals surface area contributed by atoms with E-state index in [0.29, 0.717) is 18.5 Å². The smallest absolute Gasteiger partial charge is 0.300 e. The maximum atomic E-state index is 11.3. The maximum Gasteiger partial charge on any atom is 0.328 e. The Labute approximate surface area is 81.9 Å². The zero-order valence-corrected chi connectivity index (χ0v) is 8.25. The lowest BCUT2D eigenvalue weighted by Crippen LogP contribution is -2.31. The van der Waals surface area contributed by atoms with Crippen molar-refractivity contribution in [1.29, 1.82) is 0 Å². The maximum absolute atomic E-state index is 11.3. The lowest BCUT2D eigenvalue weighted by atomic mass is 10.2. The van der Waals surface area contributed by atoms with Crippen molar-refractivity contribution >= 4 is 0 Å². The van der Waals surface area contributed by atoms with E-state index in [2.05, 4.69) is 11.6 Å². The van der Waals surface area contributed by atoms with Crippen LogP contribution in [0.2, 0.25) is 0 Å². The van der Waals surface area contributed by atoms with Gasteiger partial charge in [0.15, 0.2) is 0 Å². The van der Waals surface area contributed by atoms with Crippen LogP contribution in [-0.2, 0) is 13.0 Å². The summed E-state index contributed by atoms with van der Waals surface area (Å²) in [5, 5.41) is 0. The molecule has 0 amide bonds. The van der Waals surface area contributed by atoms with Gasteiger partial charge in [0.25, 0.3) is 5.56 Å². The molecule has 1 rings (SSSR count). The van der Waals surface area contributed by atoms with Crippen LogP contribution in [0.5, 0.6) is 0 Å². The zero-order chi connectivity index (χ0) is 10.6. The van der Waals surface area contributed by atoms with Crippen molar-refractivity contribution in [3.63, 3.8) is 0 Å². The minimum Gasteiger partial charge on any atom is -0.300 e. The second kappa shape index (κ2) is 4.60. The Morgan fingerprint density at radius 1 is 1.57 bits per heavy atom. The minimum absolute atomic E-state index is 0.285. The first-order valence-electron chi connectivity index (χ1n) is 4.62. The van der Waals surface area contributed by atoms with E-state index >= 15 is 0 Å². The summed E-state index contributed by atoms with van der Waals surface area (Å²) in [6, 6.07) is 0. The largest absolute Gasteiger partial charge is 0.328 e. The number of aromatic amines is 1. The first kappa shape index (κ1) is 10.5. The molecule has 0 spiro atoms. The molecule has 0 aliphatic carbocycles. The summed E-state index contributed by atoms with van der Waals surface area (Å²) in [6.07, 6.45) is 4.70. The van der Waals surface area contributed by atoms with Crippen LogP contribution in [-0.4, -0.2) is 9.55 Å². The Balaban J connectivity index is 3.11.